The molecule has 1 aromatic rings. The van der Waals surface area contributed by atoms with Crippen molar-refractivity contribution in [3.63, 3.8) is 0 Å². The summed E-state index contributed by atoms with van der Waals surface area (Å²) in [6.07, 6.45) is 0. The summed E-state index contributed by atoms with van der Waals surface area (Å²) in [5, 5.41) is 13.5. The van der Waals surface area contributed by atoms with E-state index >= 15 is 0 Å². The first-order valence-electron chi connectivity index (χ1n) is 4.87. The van der Waals surface area contributed by atoms with Crippen LogP contribution in [-0.2, 0) is 4.79 Å². The van der Waals surface area contributed by atoms with Crippen LogP contribution in [-0.4, -0.2) is 18.5 Å². The Hall–Kier alpha value is -2.55. The van der Waals surface area contributed by atoms with Gasteiger partial charge < -0.3 is 11.1 Å². The highest BCUT2D eigenvalue weighted by Crippen LogP contribution is 2.15. The third kappa shape index (κ3) is 3.83. The zero-order chi connectivity index (χ0) is 12.8. The highest BCUT2D eigenvalue weighted by molar-refractivity contribution is 5.95. The van der Waals surface area contributed by atoms with Crippen molar-refractivity contribution >= 4 is 17.6 Å². The maximum atomic E-state index is 11.2. The second kappa shape index (κ2) is 5.51. The topological polar surface area (TPSA) is 108 Å². The van der Waals surface area contributed by atoms with Crippen molar-refractivity contribution < 1.29 is 9.59 Å². The first-order chi connectivity index (χ1) is 8.02. The number of primary amides is 1. The first-order valence-corrected chi connectivity index (χ1v) is 4.87. The second-order valence-corrected chi connectivity index (χ2v) is 3.41. The number of benzene rings is 1. The van der Waals surface area contributed by atoms with Gasteiger partial charge in [-0.05, 0) is 24.6 Å². The molecule has 1 aromatic carbocycles. The van der Waals surface area contributed by atoms with Crippen molar-refractivity contribution in [2.24, 2.45) is 5.73 Å². The van der Waals surface area contributed by atoms with Crippen LogP contribution in [0.5, 0.6) is 0 Å². The van der Waals surface area contributed by atoms with E-state index < -0.39 is 11.9 Å². The third-order valence-corrected chi connectivity index (χ3v) is 2.07. The number of nitrogens with one attached hydrogen (secondary N) is 2. The van der Waals surface area contributed by atoms with E-state index in [0.717, 1.165) is 5.56 Å². The number of nitrogens with zero attached hydrogens (tertiary/aromatic N) is 1. The lowest BCUT2D eigenvalue weighted by atomic mass is 10.1. The molecule has 0 radical (unpaired) electrons. The molecular weight excluding hydrogens is 220 g/mol. The minimum Gasteiger partial charge on any atom is -0.376 e. The maximum absolute atomic E-state index is 11.2. The van der Waals surface area contributed by atoms with E-state index in [9.17, 15) is 9.59 Å². The minimum absolute atomic E-state index is 0.0847. The van der Waals surface area contributed by atoms with Crippen LogP contribution in [0.2, 0.25) is 0 Å². The van der Waals surface area contributed by atoms with E-state index in [1.807, 2.05) is 18.3 Å². The highest BCUT2D eigenvalue weighted by Gasteiger charge is 2.05. The summed E-state index contributed by atoms with van der Waals surface area (Å²) in [7, 11) is 0. The Bertz CT molecular complexity index is 491. The monoisotopic (exact) mass is 232 g/mol. The van der Waals surface area contributed by atoms with Crippen LogP contribution in [0, 0.1) is 18.3 Å². The fourth-order valence-electron chi connectivity index (χ4n) is 1.24. The van der Waals surface area contributed by atoms with Crippen LogP contribution in [0.25, 0.3) is 0 Å². The largest absolute Gasteiger partial charge is 0.376 e. The number of imide groups is 1. The molecule has 17 heavy (non-hydrogen) atoms. The van der Waals surface area contributed by atoms with Gasteiger partial charge >= 0.3 is 6.03 Å². The standard InChI is InChI=1S/C11H12N4O2/c1-7-2-3-8(5-12)4-9(7)14-6-10(16)15-11(13)17/h2-4,14H,6H2,1H3,(H3,13,15,16,17). The van der Waals surface area contributed by atoms with Gasteiger partial charge in [0, 0.05) is 5.69 Å². The van der Waals surface area contributed by atoms with Gasteiger partial charge in [-0.1, -0.05) is 6.07 Å². The summed E-state index contributed by atoms with van der Waals surface area (Å²) in [6, 6.07) is 6.20. The molecule has 0 fully saturated rings. The molecule has 0 aliphatic heterocycles. The lowest BCUT2D eigenvalue weighted by Crippen LogP contribution is -2.38. The van der Waals surface area contributed by atoms with Crippen molar-refractivity contribution in [1.82, 2.24) is 5.32 Å². The molecule has 6 heteroatoms. The number of carbonyl (C=O) groups is 2. The summed E-state index contributed by atoms with van der Waals surface area (Å²) >= 11 is 0. The van der Waals surface area contributed by atoms with Gasteiger partial charge in [0.25, 0.3) is 0 Å². The highest BCUT2D eigenvalue weighted by atomic mass is 16.2. The van der Waals surface area contributed by atoms with Gasteiger partial charge in [0.1, 0.15) is 0 Å². The number of rotatable bonds is 3. The van der Waals surface area contributed by atoms with Crippen molar-refractivity contribution in [3.8, 4) is 6.07 Å². The normalized spacial score (nSPS) is 9.18. The Balaban J connectivity index is 2.66. The summed E-state index contributed by atoms with van der Waals surface area (Å²) in [4.78, 5) is 21.6. The third-order valence-electron chi connectivity index (χ3n) is 2.07. The van der Waals surface area contributed by atoms with Crippen LogP contribution in [0.3, 0.4) is 0 Å². The molecule has 3 amide bonds. The predicted molar refractivity (Wildman–Crippen MR) is 62.1 cm³/mol. The molecule has 0 unspecified atom stereocenters. The Morgan fingerprint density at radius 1 is 1.47 bits per heavy atom. The number of aryl methyl sites for hydroxylation is 1. The van der Waals surface area contributed by atoms with Gasteiger partial charge in [0.15, 0.2) is 0 Å². The van der Waals surface area contributed by atoms with Gasteiger partial charge in [-0.3, -0.25) is 10.1 Å². The number of hydrogen-bond acceptors (Lipinski definition) is 4. The smallest absolute Gasteiger partial charge is 0.318 e. The average Bonchev–Trinajstić information content (AvgIpc) is 2.27. The average molecular weight is 232 g/mol. The number of amides is 3. The molecule has 6 nitrogen and oxygen atoms in total. The van der Waals surface area contributed by atoms with E-state index in [0.29, 0.717) is 11.3 Å². The molecule has 0 aromatic heterocycles. The molecule has 0 heterocycles. The summed E-state index contributed by atoms with van der Waals surface area (Å²) in [6.45, 7) is 1.76. The van der Waals surface area contributed by atoms with Crippen LogP contribution >= 0.6 is 0 Å². The van der Waals surface area contributed by atoms with Gasteiger partial charge in [-0.2, -0.15) is 5.26 Å². The summed E-state index contributed by atoms with van der Waals surface area (Å²) in [5.74, 6) is -0.528. The molecule has 0 bridgehead atoms. The minimum atomic E-state index is -0.890. The molecule has 0 saturated carbocycles. The quantitative estimate of drug-likeness (QED) is 0.704. The van der Waals surface area contributed by atoms with Crippen molar-refractivity contribution in [1.29, 1.82) is 5.26 Å². The van der Waals surface area contributed by atoms with Crippen LogP contribution in [0.15, 0.2) is 18.2 Å². The molecule has 0 spiro atoms. The van der Waals surface area contributed by atoms with Gasteiger partial charge in [0.2, 0.25) is 5.91 Å². The number of anilines is 1. The van der Waals surface area contributed by atoms with Crippen LogP contribution in [0.1, 0.15) is 11.1 Å². The Labute approximate surface area is 98.4 Å². The molecule has 1 rings (SSSR count). The number of nitrogens with two attached hydrogens (primary N) is 1. The first kappa shape index (κ1) is 12.5. The SMILES string of the molecule is Cc1ccc(C#N)cc1NCC(=O)NC(N)=O. The summed E-state index contributed by atoms with van der Waals surface area (Å²) < 4.78 is 0. The van der Waals surface area contributed by atoms with E-state index in [2.05, 4.69) is 5.32 Å². The summed E-state index contributed by atoms with van der Waals surface area (Å²) in [5.41, 5.74) is 6.86. The molecule has 88 valence electrons. The van der Waals surface area contributed by atoms with Gasteiger partial charge in [-0.25, -0.2) is 4.79 Å². The fraction of sp³-hybridized carbons (Fsp3) is 0.182. The predicted octanol–water partition coefficient (Wildman–Crippen LogP) is 0.474. The molecule has 4 N–H and O–H groups in total. The van der Waals surface area contributed by atoms with E-state index in [1.165, 1.54) is 0 Å². The Kier molecular flexibility index (Phi) is 4.06. The van der Waals surface area contributed by atoms with E-state index in [-0.39, 0.29) is 6.54 Å². The Morgan fingerprint density at radius 3 is 2.76 bits per heavy atom. The molecule has 0 aliphatic rings. The fourth-order valence-corrected chi connectivity index (χ4v) is 1.24. The second-order valence-electron chi connectivity index (χ2n) is 3.41. The molecule has 0 atom stereocenters. The lowest BCUT2D eigenvalue weighted by molar-refractivity contribution is -0.118. The molecule has 0 saturated heterocycles. The van der Waals surface area contributed by atoms with Crippen molar-refractivity contribution in [2.75, 3.05) is 11.9 Å². The van der Waals surface area contributed by atoms with Crippen molar-refractivity contribution in [2.45, 2.75) is 6.92 Å². The number of hydrogen-bond donors (Lipinski definition) is 3. The zero-order valence-electron chi connectivity index (χ0n) is 9.28. The van der Waals surface area contributed by atoms with Gasteiger partial charge in [-0.15, -0.1) is 0 Å². The molecular formula is C11H12N4O2. The zero-order valence-corrected chi connectivity index (χ0v) is 9.28. The Morgan fingerprint density at radius 2 is 2.18 bits per heavy atom. The van der Waals surface area contributed by atoms with E-state index in [4.69, 9.17) is 11.0 Å². The number of carbonyl (C=O) groups excluding carboxylic acids is 2. The van der Waals surface area contributed by atoms with E-state index in [1.54, 1.807) is 18.2 Å². The number of nitriles is 1. The maximum Gasteiger partial charge on any atom is 0.318 e. The molecule has 0 aliphatic carbocycles. The lowest BCUT2D eigenvalue weighted by Gasteiger charge is -2.09. The number of urea groups is 1. The van der Waals surface area contributed by atoms with Crippen LogP contribution < -0.4 is 16.4 Å². The van der Waals surface area contributed by atoms with Crippen LogP contribution in [0.4, 0.5) is 10.5 Å². The van der Waals surface area contributed by atoms with Crippen molar-refractivity contribution in [3.05, 3.63) is 29.3 Å². The van der Waals surface area contributed by atoms with Gasteiger partial charge in [0.05, 0.1) is 18.2 Å².